The van der Waals surface area contributed by atoms with Crippen LogP contribution in [-0.2, 0) is 16.5 Å². The van der Waals surface area contributed by atoms with Crippen LogP contribution in [0, 0.1) is 0 Å². The number of nitrogens with zero attached hydrogens (tertiary/aromatic N) is 1. The fourth-order valence-electron chi connectivity index (χ4n) is 4.99. The third-order valence-corrected chi connectivity index (χ3v) is 8.13. The van der Waals surface area contributed by atoms with E-state index in [1.165, 1.54) is 100 Å². The number of aromatic nitrogens is 2. The molecule has 1 aromatic heterocycles. The van der Waals surface area contributed by atoms with E-state index in [1.807, 2.05) is 6.07 Å². The molecule has 0 aliphatic carbocycles. The number of rotatable bonds is 20. The average Bonchev–Trinajstić information content (AvgIpc) is 3.31. The molecule has 0 aliphatic rings. The van der Waals surface area contributed by atoms with Crippen molar-refractivity contribution in [3.05, 3.63) is 70.6 Å². The van der Waals surface area contributed by atoms with E-state index < -0.39 is 15.0 Å². The molecule has 40 heavy (non-hydrogen) atoms. The van der Waals surface area contributed by atoms with Crippen molar-refractivity contribution >= 4 is 10.1 Å². The SMILES string of the molecule is CCCCCCCCCCCCCCCCCc1cc(=O)n(-c2ccc(Oc3ccccc3)c(S(=O)(=O)O)c2)[nH]1. The van der Waals surface area contributed by atoms with Crippen molar-refractivity contribution in [2.24, 2.45) is 0 Å². The molecular weight excluding hydrogens is 524 g/mol. The lowest BCUT2D eigenvalue weighted by Crippen LogP contribution is -2.14. The fraction of sp³-hybridized carbons (Fsp3) is 0.531. The molecule has 0 amide bonds. The largest absolute Gasteiger partial charge is 0.456 e. The van der Waals surface area contributed by atoms with Gasteiger partial charge in [-0.15, -0.1) is 0 Å². The van der Waals surface area contributed by atoms with Crippen LogP contribution in [0.4, 0.5) is 0 Å². The summed E-state index contributed by atoms with van der Waals surface area (Å²) in [5.74, 6) is 0.415. The maximum Gasteiger partial charge on any atom is 0.298 e. The molecule has 220 valence electrons. The van der Waals surface area contributed by atoms with Crippen molar-refractivity contribution in [3.8, 4) is 17.2 Å². The van der Waals surface area contributed by atoms with Crippen LogP contribution in [0.1, 0.15) is 109 Å². The van der Waals surface area contributed by atoms with E-state index in [1.54, 1.807) is 36.4 Å². The summed E-state index contributed by atoms with van der Waals surface area (Å²) < 4.78 is 40.9. The molecule has 0 bridgehead atoms. The lowest BCUT2D eigenvalue weighted by atomic mass is 10.0. The summed E-state index contributed by atoms with van der Waals surface area (Å²) in [6, 6.07) is 14.5. The molecular formula is C32H46N2O5S. The van der Waals surface area contributed by atoms with E-state index in [2.05, 4.69) is 12.0 Å². The van der Waals surface area contributed by atoms with Gasteiger partial charge in [-0.25, -0.2) is 4.68 Å². The fourth-order valence-corrected chi connectivity index (χ4v) is 5.62. The van der Waals surface area contributed by atoms with Gasteiger partial charge < -0.3 is 4.74 Å². The standard InChI is InChI=1S/C32H46N2O5S/c1-2-3-4-5-6-7-8-9-10-11-12-13-14-15-17-20-27-25-32(35)34(33-27)28-23-24-30(31(26-28)40(36,37)38)39-29-21-18-16-19-22-29/h16,18-19,21-26,33H,2-15,17,20H2,1H3,(H,36,37,38). The van der Waals surface area contributed by atoms with Crippen LogP contribution in [0.3, 0.4) is 0 Å². The van der Waals surface area contributed by atoms with Crippen molar-refractivity contribution in [2.45, 2.75) is 115 Å². The lowest BCUT2D eigenvalue weighted by Gasteiger charge is -2.11. The molecule has 2 N–H and O–H groups in total. The molecule has 0 aliphatic heterocycles. The monoisotopic (exact) mass is 570 g/mol. The summed E-state index contributed by atoms with van der Waals surface area (Å²) >= 11 is 0. The zero-order valence-electron chi connectivity index (χ0n) is 23.9. The Kier molecular flexibility index (Phi) is 13.5. The van der Waals surface area contributed by atoms with Gasteiger partial charge in [-0.3, -0.25) is 14.4 Å². The Hall–Kier alpha value is -2.84. The van der Waals surface area contributed by atoms with Crippen LogP contribution < -0.4 is 10.3 Å². The molecule has 1 heterocycles. The number of aryl methyl sites for hydroxylation is 1. The summed E-state index contributed by atoms with van der Waals surface area (Å²) in [6.45, 7) is 2.26. The number of H-pyrrole nitrogens is 1. The predicted molar refractivity (Wildman–Crippen MR) is 161 cm³/mol. The third-order valence-electron chi connectivity index (χ3n) is 7.26. The van der Waals surface area contributed by atoms with Crippen molar-refractivity contribution in [2.75, 3.05) is 0 Å². The van der Waals surface area contributed by atoms with Gasteiger partial charge in [0.15, 0.2) is 0 Å². The van der Waals surface area contributed by atoms with Crippen molar-refractivity contribution in [3.63, 3.8) is 0 Å². The molecule has 3 aromatic rings. The highest BCUT2D eigenvalue weighted by Crippen LogP contribution is 2.30. The number of nitrogens with one attached hydrogen (secondary N) is 1. The highest BCUT2D eigenvalue weighted by molar-refractivity contribution is 7.86. The van der Waals surface area contributed by atoms with Crippen LogP contribution in [0.15, 0.2) is 64.3 Å². The third kappa shape index (κ3) is 11.0. The first-order valence-corrected chi connectivity index (χ1v) is 16.5. The molecule has 0 spiro atoms. The van der Waals surface area contributed by atoms with Gasteiger partial charge in [0.2, 0.25) is 0 Å². The minimum Gasteiger partial charge on any atom is -0.456 e. The van der Waals surface area contributed by atoms with Crippen molar-refractivity contribution < 1.29 is 17.7 Å². The predicted octanol–water partition coefficient (Wildman–Crippen LogP) is 8.62. The molecule has 0 saturated carbocycles. The van der Waals surface area contributed by atoms with Gasteiger partial charge in [-0.2, -0.15) is 8.42 Å². The summed E-state index contributed by atoms with van der Waals surface area (Å²) in [6.07, 6.45) is 20.3. The molecule has 0 fully saturated rings. The number of hydrogen-bond donors (Lipinski definition) is 2. The van der Waals surface area contributed by atoms with Crippen LogP contribution in [0.2, 0.25) is 0 Å². The van der Waals surface area contributed by atoms with Crippen LogP contribution in [0.5, 0.6) is 11.5 Å². The summed E-state index contributed by atoms with van der Waals surface area (Å²) in [7, 11) is -4.58. The minimum absolute atomic E-state index is 0.0184. The summed E-state index contributed by atoms with van der Waals surface area (Å²) in [5.41, 5.74) is 0.826. The zero-order chi connectivity index (χ0) is 28.6. The second kappa shape index (κ2) is 17.1. The highest BCUT2D eigenvalue weighted by Gasteiger charge is 2.20. The molecule has 2 aromatic carbocycles. The molecule has 0 radical (unpaired) electrons. The van der Waals surface area contributed by atoms with E-state index in [0.29, 0.717) is 11.4 Å². The van der Waals surface area contributed by atoms with Crippen LogP contribution in [-0.4, -0.2) is 22.8 Å². The zero-order valence-corrected chi connectivity index (χ0v) is 24.8. The molecule has 0 unspecified atom stereocenters. The Morgan fingerprint density at radius 3 is 1.85 bits per heavy atom. The van der Waals surface area contributed by atoms with Gasteiger partial charge >= 0.3 is 0 Å². The summed E-state index contributed by atoms with van der Waals surface area (Å²) in [4.78, 5) is 12.2. The first-order valence-electron chi connectivity index (χ1n) is 15.0. The van der Waals surface area contributed by atoms with Gasteiger partial charge in [-0.05, 0) is 43.2 Å². The van der Waals surface area contributed by atoms with Gasteiger partial charge in [-0.1, -0.05) is 115 Å². The maximum absolute atomic E-state index is 12.6. The smallest absolute Gasteiger partial charge is 0.298 e. The molecule has 8 heteroatoms. The van der Waals surface area contributed by atoms with Gasteiger partial charge in [0, 0.05) is 11.8 Å². The Morgan fingerprint density at radius 2 is 1.30 bits per heavy atom. The first kappa shape index (κ1) is 31.7. The molecule has 0 saturated heterocycles. The Morgan fingerprint density at radius 1 is 0.750 bits per heavy atom. The number of ether oxygens (including phenoxy) is 1. The van der Waals surface area contributed by atoms with Crippen LogP contribution >= 0.6 is 0 Å². The Bertz CT molecular complexity index is 1300. The van der Waals surface area contributed by atoms with E-state index in [-0.39, 0.29) is 11.3 Å². The van der Waals surface area contributed by atoms with Gasteiger partial charge in [0.25, 0.3) is 15.7 Å². The molecule has 3 rings (SSSR count). The highest BCUT2D eigenvalue weighted by atomic mass is 32.2. The Labute approximate surface area is 239 Å². The number of para-hydroxylation sites is 1. The van der Waals surface area contributed by atoms with Crippen LogP contribution in [0.25, 0.3) is 5.69 Å². The Balaban J connectivity index is 1.40. The lowest BCUT2D eigenvalue weighted by molar-refractivity contribution is 0.449. The van der Waals surface area contributed by atoms with E-state index in [9.17, 15) is 17.8 Å². The topological polar surface area (TPSA) is 101 Å². The second-order valence-corrected chi connectivity index (χ2v) is 12.1. The van der Waals surface area contributed by atoms with E-state index in [4.69, 9.17) is 4.74 Å². The van der Waals surface area contributed by atoms with Gasteiger partial charge in [0.05, 0.1) is 5.69 Å². The van der Waals surface area contributed by atoms with E-state index >= 15 is 0 Å². The van der Waals surface area contributed by atoms with Crippen molar-refractivity contribution in [1.82, 2.24) is 9.78 Å². The second-order valence-electron chi connectivity index (χ2n) is 10.7. The summed E-state index contributed by atoms with van der Waals surface area (Å²) in [5, 5.41) is 3.08. The average molecular weight is 571 g/mol. The number of benzene rings is 2. The number of unbranched alkanes of at least 4 members (excludes halogenated alkanes) is 14. The van der Waals surface area contributed by atoms with Crippen molar-refractivity contribution in [1.29, 1.82) is 0 Å². The molecule has 7 nitrogen and oxygen atoms in total. The maximum atomic E-state index is 12.6. The number of hydrogen-bond acceptors (Lipinski definition) is 4. The quantitative estimate of drug-likeness (QED) is 0.105. The normalized spacial score (nSPS) is 11.7. The number of aromatic amines is 1. The first-order chi connectivity index (χ1) is 19.4. The molecule has 0 atom stereocenters. The van der Waals surface area contributed by atoms with Gasteiger partial charge in [0.1, 0.15) is 16.4 Å². The minimum atomic E-state index is -4.58. The van der Waals surface area contributed by atoms with E-state index in [0.717, 1.165) is 25.0 Å².